The molecule has 1 fully saturated rings. The molecule has 0 unspecified atom stereocenters. The largest absolute Gasteiger partial charge is 0.495 e. The summed E-state index contributed by atoms with van der Waals surface area (Å²) in [6.07, 6.45) is 1.45. The molecule has 2 heterocycles. The molecule has 4 rings (SSSR count). The number of anilines is 1. The molecule has 0 spiro atoms. The van der Waals surface area contributed by atoms with E-state index in [0.717, 1.165) is 42.8 Å². The number of methoxy groups -OCH3 is 1. The minimum absolute atomic E-state index is 0.147. The third kappa shape index (κ3) is 3.31. The van der Waals surface area contributed by atoms with E-state index in [1.807, 2.05) is 12.1 Å². The first-order valence-corrected chi connectivity index (χ1v) is 10.7. The Morgan fingerprint density at radius 3 is 2.50 bits per heavy atom. The highest BCUT2D eigenvalue weighted by Gasteiger charge is 2.23. The van der Waals surface area contributed by atoms with Gasteiger partial charge in [-0.2, -0.15) is 0 Å². The van der Waals surface area contributed by atoms with Crippen LogP contribution in [0.15, 0.2) is 64.5 Å². The number of rotatable bonds is 4. The standard InChI is InChI=1S/C21H23N3O3S/c1-23-10-12-24(13-11-23)18-7-5-6-16-14-17(15-22-21(16)18)28(25,26)20-9-4-3-8-19(20)27-2/h3-9,14-15H,10-13H2,1-2H3. The molecule has 0 bridgehead atoms. The summed E-state index contributed by atoms with van der Waals surface area (Å²) in [5, 5.41) is 0.812. The van der Waals surface area contributed by atoms with Gasteiger partial charge in [-0.05, 0) is 31.3 Å². The second-order valence-corrected chi connectivity index (χ2v) is 8.88. The van der Waals surface area contributed by atoms with Gasteiger partial charge in [-0.1, -0.05) is 24.3 Å². The lowest BCUT2D eigenvalue weighted by Crippen LogP contribution is -2.44. The zero-order valence-electron chi connectivity index (χ0n) is 16.0. The SMILES string of the molecule is COc1ccccc1S(=O)(=O)c1cnc2c(N3CCN(C)CC3)cccc2c1. The number of fused-ring (bicyclic) bond motifs is 1. The maximum absolute atomic E-state index is 13.1. The summed E-state index contributed by atoms with van der Waals surface area (Å²) in [5.74, 6) is 0.328. The predicted octanol–water partition coefficient (Wildman–Crippen LogP) is 2.83. The molecule has 3 aromatic rings. The summed E-state index contributed by atoms with van der Waals surface area (Å²) >= 11 is 0. The minimum atomic E-state index is -3.73. The van der Waals surface area contributed by atoms with Crippen molar-refractivity contribution in [3.05, 3.63) is 54.7 Å². The number of hydrogen-bond donors (Lipinski definition) is 0. The summed E-state index contributed by atoms with van der Waals surface area (Å²) in [6, 6.07) is 14.2. The number of likely N-dealkylation sites (N-methyl/N-ethyl adjacent to an activating group) is 1. The van der Waals surface area contributed by atoms with Gasteiger partial charge < -0.3 is 14.5 Å². The first-order chi connectivity index (χ1) is 13.5. The normalized spacial score (nSPS) is 15.7. The Labute approximate surface area is 165 Å². The van der Waals surface area contributed by atoms with Crippen LogP contribution < -0.4 is 9.64 Å². The highest BCUT2D eigenvalue weighted by atomic mass is 32.2. The van der Waals surface area contributed by atoms with Crippen molar-refractivity contribution in [3.8, 4) is 5.75 Å². The fourth-order valence-electron chi connectivity index (χ4n) is 3.54. The molecule has 0 aliphatic carbocycles. The fraction of sp³-hybridized carbons (Fsp3) is 0.286. The van der Waals surface area contributed by atoms with E-state index in [2.05, 4.69) is 27.9 Å². The van der Waals surface area contributed by atoms with Crippen LogP contribution in [0.25, 0.3) is 10.9 Å². The van der Waals surface area contributed by atoms with Crippen LogP contribution in [-0.4, -0.2) is 58.6 Å². The van der Waals surface area contributed by atoms with E-state index in [9.17, 15) is 8.42 Å². The molecule has 1 aliphatic rings. The summed E-state index contributed by atoms with van der Waals surface area (Å²) in [6.45, 7) is 3.85. The van der Waals surface area contributed by atoms with Crippen LogP contribution >= 0.6 is 0 Å². The molecule has 146 valence electrons. The number of nitrogens with zero attached hydrogens (tertiary/aromatic N) is 3. The van der Waals surface area contributed by atoms with Crippen LogP contribution in [0.5, 0.6) is 5.75 Å². The lowest BCUT2D eigenvalue weighted by molar-refractivity contribution is 0.313. The highest BCUT2D eigenvalue weighted by Crippen LogP contribution is 2.32. The van der Waals surface area contributed by atoms with Crippen molar-refractivity contribution in [2.45, 2.75) is 9.79 Å². The summed E-state index contributed by atoms with van der Waals surface area (Å²) < 4.78 is 31.5. The summed E-state index contributed by atoms with van der Waals surface area (Å²) in [7, 11) is -0.140. The quantitative estimate of drug-likeness (QED) is 0.675. The molecule has 7 heteroatoms. The van der Waals surface area contributed by atoms with Gasteiger partial charge in [-0.3, -0.25) is 4.98 Å². The number of piperazine rings is 1. The topological polar surface area (TPSA) is 62.7 Å². The van der Waals surface area contributed by atoms with Crippen LogP contribution in [0.3, 0.4) is 0 Å². The highest BCUT2D eigenvalue weighted by molar-refractivity contribution is 7.91. The monoisotopic (exact) mass is 397 g/mol. The number of hydrogen-bond acceptors (Lipinski definition) is 6. The molecule has 0 amide bonds. The number of para-hydroxylation sites is 2. The maximum Gasteiger partial charge on any atom is 0.211 e. The number of aromatic nitrogens is 1. The van der Waals surface area contributed by atoms with Gasteiger partial charge in [0.1, 0.15) is 10.6 Å². The van der Waals surface area contributed by atoms with Gasteiger partial charge in [0.05, 0.1) is 23.2 Å². The van der Waals surface area contributed by atoms with Crippen molar-refractivity contribution in [2.75, 3.05) is 45.2 Å². The molecule has 0 radical (unpaired) electrons. The average molecular weight is 398 g/mol. The number of sulfone groups is 1. The Bertz CT molecular complexity index is 1110. The number of benzene rings is 2. The van der Waals surface area contributed by atoms with Crippen molar-refractivity contribution in [2.24, 2.45) is 0 Å². The zero-order valence-corrected chi connectivity index (χ0v) is 16.8. The van der Waals surface area contributed by atoms with E-state index in [4.69, 9.17) is 4.74 Å². The van der Waals surface area contributed by atoms with Gasteiger partial charge in [-0.15, -0.1) is 0 Å². The van der Waals surface area contributed by atoms with Crippen LogP contribution in [-0.2, 0) is 9.84 Å². The molecule has 1 aliphatic heterocycles. The van der Waals surface area contributed by atoms with E-state index in [-0.39, 0.29) is 9.79 Å². The Hall–Kier alpha value is -2.64. The van der Waals surface area contributed by atoms with E-state index in [1.165, 1.54) is 13.3 Å². The van der Waals surface area contributed by atoms with Crippen LogP contribution in [0.1, 0.15) is 0 Å². The third-order valence-electron chi connectivity index (χ3n) is 5.18. The molecule has 1 saturated heterocycles. The van der Waals surface area contributed by atoms with Gasteiger partial charge >= 0.3 is 0 Å². The molecule has 0 atom stereocenters. The maximum atomic E-state index is 13.1. The average Bonchev–Trinajstić information content (AvgIpc) is 2.73. The van der Waals surface area contributed by atoms with E-state index >= 15 is 0 Å². The van der Waals surface area contributed by atoms with Gasteiger partial charge in [0, 0.05) is 37.8 Å². The van der Waals surface area contributed by atoms with Crippen molar-refractivity contribution in [3.63, 3.8) is 0 Å². The van der Waals surface area contributed by atoms with Crippen molar-refractivity contribution >= 4 is 26.4 Å². The van der Waals surface area contributed by atoms with E-state index < -0.39 is 9.84 Å². The van der Waals surface area contributed by atoms with Gasteiger partial charge in [0.25, 0.3) is 0 Å². The molecule has 0 saturated carbocycles. The van der Waals surface area contributed by atoms with Crippen LogP contribution in [0.2, 0.25) is 0 Å². The molecular weight excluding hydrogens is 374 g/mol. The molecule has 1 aromatic heterocycles. The Balaban J connectivity index is 1.77. The second kappa shape index (κ2) is 7.41. The summed E-state index contributed by atoms with van der Waals surface area (Å²) in [5.41, 5.74) is 1.87. The Morgan fingerprint density at radius 2 is 1.75 bits per heavy atom. The third-order valence-corrected chi connectivity index (χ3v) is 6.94. The van der Waals surface area contributed by atoms with Gasteiger partial charge in [0.15, 0.2) is 0 Å². The fourth-order valence-corrected chi connectivity index (χ4v) is 4.94. The summed E-state index contributed by atoms with van der Waals surface area (Å²) in [4.78, 5) is 9.47. The van der Waals surface area contributed by atoms with Gasteiger partial charge in [0.2, 0.25) is 9.84 Å². The van der Waals surface area contributed by atoms with Crippen LogP contribution in [0.4, 0.5) is 5.69 Å². The minimum Gasteiger partial charge on any atom is -0.495 e. The Kier molecular flexibility index (Phi) is 4.95. The number of pyridine rings is 1. The lowest BCUT2D eigenvalue weighted by atomic mass is 10.1. The molecule has 2 aromatic carbocycles. The van der Waals surface area contributed by atoms with E-state index in [1.54, 1.807) is 30.3 Å². The molecule has 0 N–H and O–H groups in total. The predicted molar refractivity (Wildman–Crippen MR) is 110 cm³/mol. The Morgan fingerprint density at radius 1 is 1.00 bits per heavy atom. The van der Waals surface area contributed by atoms with Crippen LogP contribution in [0, 0.1) is 0 Å². The smallest absolute Gasteiger partial charge is 0.211 e. The van der Waals surface area contributed by atoms with Gasteiger partial charge in [-0.25, -0.2) is 8.42 Å². The van der Waals surface area contributed by atoms with Crippen molar-refractivity contribution in [1.29, 1.82) is 0 Å². The second-order valence-electron chi connectivity index (χ2n) is 6.96. The first kappa shape index (κ1) is 18.7. The lowest BCUT2D eigenvalue weighted by Gasteiger charge is -2.34. The zero-order chi connectivity index (χ0) is 19.7. The van der Waals surface area contributed by atoms with Crippen molar-refractivity contribution < 1.29 is 13.2 Å². The van der Waals surface area contributed by atoms with E-state index in [0.29, 0.717) is 5.75 Å². The first-order valence-electron chi connectivity index (χ1n) is 9.21. The molecule has 6 nitrogen and oxygen atoms in total. The molecular formula is C21H23N3O3S. The molecule has 28 heavy (non-hydrogen) atoms. The number of ether oxygens (including phenoxy) is 1. The van der Waals surface area contributed by atoms with Crippen molar-refractivity contribution in [1.82, 2.24) is 9.88 Å².